The molecule has 1 saturated heterocycles. The second-order valence-electron chi connectivity index (χ2n) is 6.87. The number of hydrogen-bond acceptors (Lipinski definition) is 7. The molecule has 1 atom stereocenters. The summed E-state index contributed by atoms with van der Waals surface area (Å²) >= 11 is 0. The van der Waals surface area contributed by atoms with Gasteiger partial charge in [-0.1, -0.05) is 5.16 Å². The van der Waals surface area contributed by atoms with Crippen LogP contribution in [0.4, 0.5) is 10.1 Å². The predicted octanol–water partition coefficient (Wildman–Crippen LogP) is 2.68. The molecule has 9 heteroatoms. The molecule has 4 rings (SSSR count). The SMILES string of the molecule is COc1ccc(C2=NO[C@@]3(CC(=O)N(c4ccc(F)cc4)C3=O)C2)c(OC)c1OC. The van der Waals surface area contributed by atoms with Crippen molar-refractivity contribution in [2.24, 2.45) is 5.16 Å². The summed E-state index contributed by atoms with van der Waals surface area (Å²) in [7, 11) is 4.47. The first-order chi connectivity index (χ1) is 14.4. The molecule has 156 valence electrons. The van der Waals surface area contributed by atoms with Gasteiger partial charge in [-0.25, -0.2) is 9.29 Å². The number of amides is 2. The Balaban J connectivity index is 1.65. The molecule has 0 radical (unpaired) electrons. The van der Waals surface area contributed by atoms with E-state index in [1.54, 1.807) is 12.1 Å². The number of rotatable bonds is 5. The van der Waals surface area contributed by atoms with Crippen molar-refractivity contribution in [3.63, 3.8) is 0 Å². The Labute approximate surface area is 171 Å². The van der Waals surface area contributed by atoms with Gasteiger partial charge in [-0.15, -0.1) is 0 Å². The van der Waals surface area contributed by atoms with Crippen molar-refractivity contribution in [2.75, 3.05) is 26.2 Å². The van der Waals surface area contributed by atoms with Crippen LogP contribution in [0.2, 0.25) is 0 Å². The van der Waals surface area contributed by atoms with E-state index in [2.05, 4.69) is 5.16 Å². The van der Waals surface area contributed by atoms with E-state index in [-0.39, 0.29) is 18.5 Å². The summed E-state index contributed by atoms with van der Waals surface area (Å²) < 4.78 is 29.4. The lowest BCUT2D eigenvalue weighted by molar-refractivity contribution is -0.136. The number of anilines is 1. The highest BCUT2D eigenvalue weighted by molar-refractivity contribution is 6.26. The van der Waals surface area contributed by atoms with Gasteiger partial charge in [0.2, 0.25) is 17.3 Å². The van der Waals surface area contributed by atoms with Crippen LogP contribution in [0.5, 0.6) is 17.2 Å². The van der Waals surface area contributed by atoms with E-state index in [1.165, 1.54) is 45.6 Å². The van der Waals surface area contributed by atoms with Crippen LogP contribution in [0.1, 0.15) is 18.4 Å². The Bertz CT molecular complexity index is 1050. The van der Waals surface area contributed by atoms with Crippen molar-refractivity contribution in [1.29, 1.82) is 0 Å². The molecule has 2 aromatic carbocycles. The number of carbonyl (C=O) groups is 2. The van der Waals surface area contributed by atoms with Crippen molar-refractivity contribution < 1.29 is 33.0 Å². The fourth-order valence-corrected chi connectivity index (χ4v) is 3.73. The van der Waals surface area contributed by atoms with Crippen LogP contribution in [-0.4, -0.2) is 44.5 Å². The standard InChI is InChI=1S/C21H19FN2O6/c1-27-16-9-8-14(18(28-2)19(16)29-3)15-10-21(30-23-15)11-17(25)24(20(21)26)13-6-4-12(22)5-7-13/h4-9H,10-11H2,1-3H3/t21-/m1/s1. The van der Waals surface area contributed by atoms with Gasteiger partial charge in [0.15, 0.2) is 11.5 Å². The van der Waals surface area contributed by atoms with Gasteiger partial charge in [0.25, 0.3) is 5.91 Å². The molecule has 2 aliphatic heterocycles. The zero-order valence-corrected chi connectivity index (χ0v) is 16.6. The normalized spacial score (nSPS) is 20.4. The van der Waals surface area contributed by atoms with Gasteiger partial charge >= 0.3 is 0 Å². The highest BCUT2D eigenvalue weighted by Crippen LogP contribution is 2.44. The minimum absolute atomic E-state index is 0.0705. The van der Waals surface area contributed by atoms with Gasteiger partial charge in [0.05, 0.1) is 39.1 Å². The van der Waals surface area contributed by atoms with Crippen molar-refractivity contribution in [1.82, 2.24) is 0 Å². The molecule has 0 bridgehead atoms. The summed E-state index contributed by atoms with van der Waals surface area (Å²) in [5.41, 5.74) is -0.162. The quantitative estimate of drug-likeness (QED) is 0.700. The molecule has 0 unspecified atom stereocenters. The van der Waals surface area contributed by atoms with Crippen molar-refractivity contribution in [3.8, 4) is 17.2 Å². The fourth-order valence-electron chi connectivity index (χ4n) is 3.73. The van der Waals surface area contributed by atoms with Gasteiger partial charge in [-0.05, 0) is 36.4 Å². The van der Waals surface area contributed by atoms with Crippen LogP contribution < -0.4 is 19.1 Å². The Morgan fingerprint density at radius 3 is 2.30 bits per heavy atom. The van der Waals surface area contributed by atoms with Crippen LogP contribution in [0, 0.1) is 5.82 Å². The largest absolute Gasteiger partial charge is 0.493 e. The van der Waals surface area contributed by atoms with E-state index < -0.39 is 23.2 Å². The molecule has 2 aliphatic rings. The summed E-state index contributed by atoms with van der Waals surface area (Å²) in [6, 6.07) is 8.53. The van der Waals surface area contributed by atoms with Crippen molar-refractivity contribution in [2.45, 2.75) is 18.4 Å². The monoisotopic (exact) mass is 414 g/mol. The number of methoxy groups -OCH3 is 3. The lowest BCUT2D eigenvalue weighted by Gasteiger charge is -2.19. The van der Waals surface area contributed by atoms with E-state index >= 15 is 0 Å². The Kier molecular flexibility index (Phi) is 4.81. The van der Waals surface area contributed by atoms with Crippen LogP contribution >= 0.6 is 0 Å². The number of imide groups is 1. The number of oxime groups is 1. The van der Waals surface area contributed by atoms with Gasteiger partial charge in [-0.2, -0.15) is 0 Å². The van der Waals surface area contributed by atoms with E-state index in [0.29, 0.717) is 28.5 Å². The molecule has 0 aliphatic carbocycles. The third kappa shape index (κ3) is 2.94. The van der Waals surface area contributed by atoms with Crippen LogP contribution in [0.15, 0.2) is 41.6 Å². The van der Waals surface area contributed by atoms with E-state index in [0.717, 1.165) is 4.90 Å². The summed E-state index contributed by atoms with van der Waals surface area (Å²) in [5.74, 6) is -0.219. The molecule has 2 aromatic rings. The summed E-state index contributed by atoms with van der Waals surface area (Å²) in [5, 5.41) is 4.09. The predicted molar refractivity (Wildman–Crippen MR) is 105 cm³/mol. The van der Waals surface area contributed by atoms with E-state index in [9.17, 15) is 14.0 Å². The maximum Gasteiger partial charge on any atom is 0.281 e. The lowest BCUT2D eigenvalue weighted by Crippen LogP contribution is -2.40. The third-order valence-electron chi connectivity index (χ3n) is 5.16. The number of carbonyl (C=O) groups excluding carboxylic acids is 2. The Hall–Kier alpha value is -3.62. The molecule has 1 fully saturated rings. The van der Waals surface area contributed by atoms with Gasteiger partial charge in [-0.3, -0.25) is 9.59 Å². The van der Waals surface area contributed by atoms with Gasteiger partial charge in [0.1, 0.15) is 5.82 Å². The minimum atomic E-state index is -1.45. The zero-order chi connectivity index (χ0) is 21.5. The molecule has 2 heterocycles. The Morgan fingerprint density at radius 1 is 0.967 bits per heavy atom. The molecule has 30 heavy (non-hydrogen) atoms. The number of benzene rings is 2. The van der Waals surface area contributed by atoms with Gasteiger partial charge < -0.3 is 19.0 Å². The molecule has 0 N–H and O–H groups in total. The molecule has 0 saturated carbocycles. The summed E-state index contributed by atoms with van der Waals surface area (Å²) in [4.78, 5) is 32.3. The zero-order valence-electron chi connectivity index (χ0n) is 16.6. The lowest BCUT2D eigenvalue weighted by atomic mass is 9.92. The number of hydrogen-bond donors (Lipinski definition) is 0. The van der Waals surface area contributed by atoms with Crippen LogP contribution in [0.3, 0.4) is 0 Å². The second kappa shape index (κ2) is 7.33. The highest BCUT2D eigenvalue weighted by atomic mass is 19.1. The Morgan fingerprint density at radius 2 is 1.67 bits per heavy atom. The molecular formula is C21H19FN2O6. The number of ether oxygens (including phenoxy) is 3. The van der Waals surface area contributed by atoms with Crippen molar-refractivity contribution in [3.05, 3.63) is 47.8 Å². The first kappa shape index (κ1) is 19.7. The molecule has 1 spiro atoms. The fraction of sp³-hybridized carbons (Fsp3) is 0.286. The van der Waals surface area contributed by atoms with Crippen LogP contribution in [-0.2, 0) is 14.4 Å². The maximum atomic E-state index is 13.2. The first-order valence-electron chi connectivity index (χ1n) is 9.11. The minimum Gasteiger partial charge on any atom is -0.493 e. The molecule has 8 nitrogen and oxygen atoms in total. The first-order valence-corrected chi connectivity index (χ1v) is 9.11. The van der Waals surface area contributed by atoms with E-state index in [1.807, 2.05) is 0 Å². The maximum absolute atomic E-state index is 13.2. The van der Waals surface area contributed by atoms with Crippen LogP contribution in [0.25, 0.3) is 0 Å². The second-order valence-corrected chi connectivity index (χ2v) is 6.87. The summed E-state index contributed by atoms with van der Waals surface area (Å²) in [6.07, 6.45) is -0.104. The smallest absolute Gasteiger partial charge is 0.281 e. The third-order valence-corrected chi connectivity index (χ3v) is 5.16. The average molecular weight is 414 g/mol. The summed E-state index contributed by atoms with van der Waals surface area (Å²) in [6.45, 7) is 0. The van der Waals surface area contributed by atoms with E-state index in [4.69, 9.17) is 19.0 Å². The molecule has 2 amide bonds. The number of nitrogens with zero attached hydrogens (tertiary/aromatic N) is 2. The average Bonchev–Trinajstić information content (AvgIpc) is 3.28. The molecule has 0 aromatic heterocycles. The van der Waals surface area contributed by atoms with Gasteiger partial charge in [0, 0.05) is 12.0 Å². The number of halogens is 1. The topological polar surface area (TPSA) is 86.7 Å². The molecular weight excluding hydrogens is 395 g/mol. The van der Waals surface area contributed by atoms with Crippen molar-refractivity contribution >= 4 is 23.2 Å². The highest BCUT2D eigenvalue weighted by Gasteiger charge is 2.58.